The maximum atomic E-state index is 14.5. The molecule has 0 saturated carbocycles. The predicted octanol–water partition coefficient (Wildman–Crippen LogP) is 4.12. The number of hydrogen-bond donors (Lipinski definition) is 1. The molecule has 7 nitrogen and oxygen atoms in total. The number of hydrogen-bond acceptors (Lipinski definition) is 4. The quantitative estimate of drug-likeness (QED) is 0.505. The number of nitrogens with one attached hydrogen (secondary N) is 1. The molecule has 2 aliphatic rings. The van der Waals surface area contributed by atoms with Crippen LogP contribution in [0.3, 0.4) is 0 Å². The number of nitrogens with zero attached hydrogens (tertiary/aromatic N) is 2. The molecule has 4 rings (SSSR count). The highest BCUT2D eigenvalue weighted by Crippen LogP contribution is 2.38. The van der Waals surface area contributed by atoms with Crippen LogP contribution in [0, 0.1) is 5.92 Å². The molecule has 0 bridgehead atoms. The summed E-state index contributed by atoms with van der Waals surface area (Å²) in [4.78, 5) is 41.4. The lowest BCUT2D eigenvalue weighted by molar-refractivity contribution is -0.136. The fourth-order valence-corrected chi connectivity index (χ4v) is 4.88. The molecule has 0 aliphatic carbocycles. The fourth-order valence-electron chi connectivity index (χ4n) is 4.88. The molecule has 1 aromatic carbocycles. The predicted molar refractivity (Wildman–Crippen MR) is 120 cm³/mol. The molecular formula is C25H28FN3O4. The summed E-state index contributed by atoms with van der Waals surface area (Å²) in [5.74, 6) is -1.32. The molecule has 4 amide bonds. The number of rotatable bonds is 7. The Hall–Kier alpha value is -3.42. The Morgan fingerprint density at radius 1 is 1.18 bits per heavy atom. The molecule has 3 heterocycles. The zero-order chi connectivity index (χ0) is 23.4. The van der Waals surface area contributed by atoms with Crippen LogP contribution >= 0.6 is 0 Å². The normalized spacial score (nSPS) is 22.1. The minimum Gasteiger partial charge on any atom is -0.467 e. The van der Waals surface area contributed by atoms with Gasteiger partial charge in [-0.15, -0.1) is 0 Å². The fraction of sp³-hybridized carbons (Fsp3) is 0.400. The van der Waals surface area contributed by atoms with Gasteiger partial charge in [-0.25, -0.2) is 9.18 Å². The van der Waals surface area contributed by atoms with Gasteiger partial charge in [0.1, 0.15) is 11.3 Å². The third-order valence-electron chi connectivity index (χ3n) is 6.52. The molecule has 8 heteroatoms. The van der Waals surface area contributed by atoms with Crippen LogP contribution < -0.4 is 5.32 Å². The minimum absolute atomic E-state index is 0.0793. The Kier molecular flexibility index (Phi) is 6.62. The average molecular weight is 454 g/mol. The van der Waals surface area contributed by atoms with E-state index in [-0.39, 0.29) is 18.4 Å². The molecule has 0 spiro atoms. The van der Waals surface area contributed by atoms with Crippen LogP contribution in [-0.2, 0) is 16.1 Å². The summed E-state index contributed by atoms with van der Waals surface area (Å²) in [6.45, 7) is 2.70. The van der Waals surface area contributed by atoms with E-state index in [0.29, 0.717) is 50.1 Å². The number of benzene rings is 1. The summed E-state index contributed by atoms with van der Waals surface area (Å²) in [5.41, 5.74) is -0.387. The summed E-state index contributed by atoms with van der Waals surface area (Å²) in [5, 5.41) is 2.96. The molecule has 2 aliphatic heterocycles. The molecule has 174 valence electrons. The number of piperidine rings is 1. The summed E-state index contributed by atoms with van der Waals surface area (Å²) < 4.78 is 19.9. The SMILES string of the molecule is CCCC1(C2CCN(C(=O)C(F)=Cc3ccccc3)CC2)NC(=O)N(Cc2ccco2)C1=O. The van der Waals surface area contributed by atoms with E-state index in [0.717, 1.165) is 0 Å². The number of furan rings is 1. The lowest BCUT2D eigenvalue weighted by atomic mass is 9.74. The van der Waals surface area contributed by atoms with Crippen molar-refractivity contribution in [3.63, 3.8) is 0 Å². The average Bonchev–Trinajstić information content (AvgIpc) is 3.42. The third kappa shape index (κ3) is 4.55. The van der Waals surface area contributed by atoms with Crippen molar-refractivity contribution in [2.45, 2.75) is 44.7 Å². The van der Waals surface area contributed by atoms with Gasteiger partial charge in [0.2, 0.25) is 0 Å². The number of likely N-dealkylation sites (tertiary alicyclic amines) is 1. The number of carbonyl (C=O) groups is 3. The van der Waals surface area contributed by atoms with Gasteiger partial charge in [-0.3, -0.25) is 14.5 Å². The Morgan fingerprint density at radius 3 is 2.55 bits per heavy atom. The lowest BCUT2D eigenvalue weighted by Crippen LogP contribution is -2.56. The van der Waals surface area contributed by atoms with Crippen molar-refractivity contribution in [2.24, 2.45) is 5.92 Å². The highest BCUT2D eigenvalue weighted by Gasteiger charge is 2.55. The number of urea groups is 1. The van der Waals surface area contributed by atoms with Crippen molar-refractivity contribution in [3.8, 4) is 0 Å². The number of halogens is 1. The first-order valence-electron chi connectivity index (χ1n) is 11.3. The number of imide groups is 1. The molecule has 1 atom stereocenters. The van der Waals surface area contributed by atoms with Crippen LogP contribution in [0.25, 0.3) is 6.08 Å². The Balaban J connectivity index is 1.44. The van der Waals surface area contributed by atoms with E-state index in [1.54, 1.807) is 36.4 Å². The van der Waals surface area contributed by atoms with E-state index < -0.39 is 23.3 Å². The first-order chi connectivity index (χ1) is 15.9. The second kappa shape index (κ2) is 9.60. The van der Waals surface area contributed by atoms with Crippen molar-refractivity contribution < 1.29 is 23.2 Å². The molecule has 0 radical (unpaired) electrons. The summed E-state index contributed by atoms with van der Waals surface area (Å²) in [6.07, 6.45) is 4.97. The van der Waals surface area contributed by atoms with Gasteiger partial charge in [0.05, 0.1) is 12.8 Å². The van der Waals surface area contributed by atoms with Gasteiger partial charge >= 0.3 is 6.03 Å². The molecule has 2 fully saturated rings. The van der Waals surface area contributed by atoms with Crippen LogP contribution in [0.5, 0.6) is 0 Å². The van der Waals surface area contributed by atoms with E-state index in [9.17, 15) is 18.8 Å². The van der Waals surface area contributed by atoms with Gasteiger partial charge in [-0.05, 0) is 49.0 Å². The monoisotopic (exact) mass is 453 g/mol. The highest BCUT2D eigenvalue weighted by atomic mass is 19.1. The van der Waals surface area contributed by atoms with Gasteiger partial charge in [-0.1, -0.05) is 43.7 Å². The van der Waals surface area contributed by atoms with Gasteiger partial charge < -0.3 is 14.6 Å². The molecule has 33 heavy (non-hydrogen) atoms. The van der Waals surface area contributed by atoms with Crippen LogP contribution in [-0.4, -0.2) is 46.3 Å². The van der Waals surface area contributed by atoms with Crippen molar-refractivity contribution in [3.05, 3.63) is 65.9 Å². The summed E-state index contributed by atoms with van der Waals surface area (Å²) in [7, 11) is 0. The smallest absolute Gasteiger partial charge is 0.325 e. The maximum Gasteiger partial charge on any atom is 0.325 e. The third-order valence-corrected chi connectivity index (χ3v) is 6.52. The molecule has 1 unspecified atom stereocenters. The van der Waals surface area contributed by atoms with Crippen LogP contribution in [0.1, 0.15) is 43.9 Å². The number of amides is 4. The van der Waals surface area contributed by atoms with Crippen LogP contribution in [0.2, 0.25) is 0 Å². The van der Waals surface area contributed by atoms with Gasteiger partial charge in [0, 0.05) is 13.1 Å². The second-order valence-electron chi connectivity index (χ2n) is 8.59. The van der Waals surface area contributed by atoms with E-state index in [1.807, 2.05) is 13.0 Å². The topological polar surface area (TPSA) is 82.9 Å². The lowest BCUT2D eigenvalue weighted by Gasteiger charge is -2.40. The largest absolute Gasteiger partial charge is 0.467 e. The van der Waals surface area contributed by atoms with E-state index in [2.05, 4.69) is 5.32 Å². The first-order valence-corrected chi connectivity index (χ1v) is 11.3. The van der Waals surface area contributed by atoms with Crippen molar-refractivity contribution in [1.82, 2.24) is 15.1 Å². The van der Waals surface area contributed by atoms with Gasteiger partial charge in [0.15, 0.2) is 5.83 Å². The zero-order valence-electron chi connectivity index (χ0n) is 18.6. The zero-order valence-corrected chi connectivity index (χ0v) is 18.6. The molecule has 1 N–H and O–H groups in total. The second-order valence-corrected chi connectivity index (χ2v) is 8.59. The van der Waals surface area contributed by atoms with E-state index in [4.69, 9.17) is 4.42 Å². The standard InChI is InChI=1S/C25H28FN3O4/c1-2-12-25(23(31)29(24(32)27-25)17-20-9-6-15-33-20)19-10-13-28(14-11-19)22(30)21(26)16-18-7-4-3-5-8-18/h3-9,15-16,19H,2,10-14,17H2,1H3,(H,27,32). The van der Waals surface area contributed by atoms with Gasteiger partial charge in [0.25, 0.3) is 11.8 Å². The minimum atomic E-state index is -1.01. The number of carbonyl (C=O) groups excluding carboxylic acids is 3. The van der Waals surface area contributed by atoms with Crippen LogP contribution in [0.15, 0.2) is 59.0 Å². The Labute approximate surface area is 192 Å². The Morgan fingerprint density at radius 2 is 1.91 bits per heavy atom. The molecule has 2 aromatic rings. The summed E-state index contributed by atoms with van der Waals surface area (Å²) in [6, 6.07) is 11.9. The molecule has 2 saturated heterocycles. The van der Waals surface area contributed by atoms with Gasteiger partial charge in [-0.2, -0.15) is 0 Å². The van der Waals surface area contributed by atoms with E-state index in [1.165, 1.54) is 22.1 Å². The Bertz CT molecular complexity index is 1030. The summed E-state index contributed by atoms with van der Waals surface area (Å²) >= 11 is 0. The van der Waals surface area contributed by atoms with Crippen molar-refractivity contribution in [1.29, 1.82) is 0 Å². The van der Waals surface area contributed by atoms with E-state index >= 15 is 0 Å². The maximum absolute atomic E-state index is 14.5. The highest BCUT2D eigenvalue weighted by molar-refractivity contribution is 6.07. The first kappa shape index (κ1) is 22.8. The van der Waals surface area contributed by atoms with Crippen molar-refractivity contribution >= 4 is 23.9 Å². The molecular weight excluding hydrogens is 425 g/mol. The molecule has 1 aromatic heterocycles. The van der Waals surface area contributed by atoms with Crippen LogP contribution in [0.4, 0.5) is 9.18 Å². The van der Waals surface area contributed by atoms with Crippen molar-refractivity contribution in [2.75, 3.05) is 13.1 Å².